The second-order valence-corrected chi connectivity index (χ2v) is 9.52. The number of anilines is 1. The summed E-state index contributed by atoms with van der Waals surface area (Å²) in [5.41, 5.74) is 1.64. The number of hydrogen-bond donors (Lipinski definition) is 2. The lowest BCUT2D eigenvalue weighted by molar-refractivity contribution is 0.171. The highest BCUT2D eigenvalue weighted by Gasteiger charge is 2.48. The van der Waals surface area contributed by atoms with Crippen LogP contribution in [0.15, 0.2) is 36.7 Å². The number of pyridine rings is 1. The van der Waals surface area contributed by atoms with Crippen LogP contribution in [-0.2, 0) is 0 Å². The van der Waals surface area contributed by atoms with E-state index in [1.807, 2.05) is 0 Å². The highest BCUT2D eigenvalue weighted by Crippen LogP contribution is 2.40. The molecule has 0 unspecified atom stereocenters. The fraction of sp³-hybridized carbons (Fsp3) is 0.440. The zero-order valence-electron chi connectivity index (χ0n) is 19.2. The Bertz CT molecular complexity index is 1240. The number of alkyl halides is 1. The number of nitrogens with zero attached hydrogens (tertiary/aromatic N) is 5. The van der Waals surface area contributed by atoms with Crippen LogP contribution in [-0.4, -0.2) is 62.7 Å². The van der Waals surface area contributed by atoms with Gasteiger partial charge in [0.05, 0.1) is 24.9 Å². The number of piperidine rings is 1. The van der Waals surface area contributed by atoms with E-state index in [1.54, 1.807) is 18.3 Å². The van der Waals surface area contributed by atoms with Crippen LogP contribution in [0.2, 0.25) is 0 Å². The lowest BCUT2D eigenvalue weighted by Crippen LogP contribution is -2.57. The van der Waals surface area contributed by atoms with E-state index in [2.05, 4.69) is 30.4 Å². The number of methoxy groups -OCH3 is 1. The lowest BCUT2D eigenvalue weighted by Gasteiger charge is -2.40. The molecule has 2 N–H and O–H groups in total. The maximum absolute atomic E-state index is 15.3. The smallest absolute Gasteiger partial charge is 0.255 e. The molecular weight excluding hydrogens is 454 g/mol. The number of nitrogens with one attached hydrogen (secondary N) is 1. The summed E-state index contributed by atoms with van der Waals surface area (Å²) in [6, 6.07) is 6.80. The van der Waals surface area contributed by atoms with Crippen molar-refractivity contribution < 1.29 is 18.6 Å². The second-order valence-electron chi connectivity index (χ2n) is 9.52. The molecule has 0 radical (unpaired) electrons. The van der Waals surface area contributed by atoms with Crippen LogP contribution in [0.5, 0.6) is 11.5 Å². The van der Waals surface area contributed by atoms with Crippen molar-refractivity contribution in [1.82, 2.24) is 25.5 Å². The first kappa shape index (κ1) is 22.1. The highest BCUT2D eigenvalue weighted by molar-refractivity contribution is 5.73. The molecule has 4 heterocycles. The van der Waals surface area contributed by atoms with E-state index in [-0.39, 0.29) is 35.4 Å². The van der Waals surface area contributed by atoms with E-state index in [1.165, 1.54) is 25.4 Å². The van der Waals surface area contributed by atoms with Crippen molar-refractivity contribution in [2.75, 3.05) is 12.0 Å². The quantitative estimate of drug-likeness (QED) is 0.516. The molecule has 35 heavy (non-hydrogen) atoms. The monoisotopic (exact) mass is 480 g/mol. The Balaban J connectivity index is 1.26. The third-order valence-electron chi connectivity index (χ3n) is 7.26. The van der Waals surface area contributed by atoms with E-state index in [0.29, 0.717) is 28.6 Å². The van der Waals surface area contributed by atoms with Crippen molar-refractivity contribution in [3.8, 4) is 34.0 Å². The first-order valence-electron chi connectivity index (χ1n) is 11.9. The van der Waals surface area contributed by atoms with Gasteiger partial charge < -0.3 is 20.1 Å². The fourth-order valence-corrected chi connectivity index (χ4v) is 5.36. The zero-order chi connectivity index (χ0) is 24.1. The largest absolute Gasteiger partial charge is 0.507 e. The number of halogens is 2. The summed E-state index contributed by atoms with van der Waals surface area (Å²) >= 11 is 0. The number of benzene rings is 1. The molecule has 8 nitrogen and oxygen atoms in total. The van der Waals surface area contributed by atoms with E-state index in [9.17, 15) is 9.50 Å². The van der Waals surface area contributed by atoms with E-state index in [0.717, 1.165) is 32.1 Å². The second kappa shape index (κ2) is 8.67. The Labute approximate surface area is 201 Å². The number of phenols is 1. The van der Waals surface area contributed by atoms with Crippen LogP contribution in [0.25, 0.3) is 22.5 Å². The Morgan fingerprint density at radius 2 is 1.91 bits per heavy atom. The predicted octanol–water partition coefficient (Wildman–Crippen LogP) is 3.65. The highest BCUT2D eigenvalue weighted by atomic mass is 19.1. The Morgan fingerprint density at radius 3 is 2.63 bits per heavy atom. The molecule has 0 amide bonds. The Morgan fingerprint density at radius 1 is 1.06 bits per heavy atom. The van der Waals surface area contributed by atoms with Crippen molar-refractivity contribution in [2.24, 2.45) is 0 Å². The summed E-state index contributed by atoms with van der Waals surface area (Å²) in [5, 5.41) is 22.7. The van der Waals surface area contributed by atoms with E-state index in [4.69, 9.17) is 4.74 Å². The maximum Gasteiger partial charge on any atom is 0.255 e. The van der Waals surface area contributed by atoms with Gasteiger partial charge in [-0.05, 0) is 55.9 Å². The van der Waals surface area contributed by atoms with Crippen molar-refractivity contribution >= 4 is 5.82 Å². The fourth-order valence-electron chi connectivity index (χ4n) is 5.36. The van der Waals surface area contributed by atoms with Gasteiger partial charge in [-0.15, -0.1) is 10.2 Å². The molecule has 1 aliphatic carbocycles. The third-order valence-corrected chi connectivity index (χ3v) is 7.26. The molecule has 0 spiro atoms. The van der Waals surface area contributed by atoms with E-state index < -0.39 is 12.1 Å². The molecule has 1 saturated carbocycles. The number of fused-ring (bicyclic) bond motifs is 2. The minimum Gasteiger partial charge on any atom is -0.507 e. The van der Waals surface area contributed by atoms with Gasteiger partial charge in [0.15, 0.2) is 17.4 Å². The predicted molar refractivity (Wildman–Crippen MR) is 125 cm³/mol. The molecule has 3 aliphatic rings. The first-order valence-corrected chi connectivity index (χ1v) is 11.9. The molecule has 10 heteroatoms. The summed E-state index contributed by atoms with van der Waals surface area (Å²) in [6.07, 6.45) is 6.71. The first-order chi connectivity index (χ1) is 17.0. The molecule has 6 rings (SSSR count). The number of ether oxygens (including phenoxy) is 1. The Hall–Kier alpha value is -3.40. The topological polar surface area (TPSA) is 96.3 Å². The summed E-state index contributed by atoms with van der Waals surface area (Å²) in [7, 11) is 1.37. The molecule has 2 aliphatic heterocycles. The summed E-state index contributed by atoms with van der Waals surface area (Å²) in [5.74, 6) is 0.120. The molecule has 182 valence electrons. The molecule has 3 aromatic rings. The SMILES string of the molecule is COc1cc(-c2ccc(-c3ncc(N(C4CC4)[C@H]4C[C@@H]5CC[C@@H](N5)[C@H]4F)nn3)c(O)c2)cnc1F. The number of aromatic hydroxyl groups is 1. The normalized spacial score (nSPS) is 25.5. The van der Waals surface area contributed by atoms with Crippen LogP contribution in [0.4, 0.5) is 14.6 Å². The van der Waals surface area contributed by atoms with Gasteiger partial charge in [-0.2, -0.15) is 4.39 Å². The van der Waals surface area contributed by atoms with Gasteiger partial charge in [-0.1, -0.05) is 6.07 Å². The number of aromatic nitrogens is 4. The van der Waals surface area contributed by atoms with Crippen LogP contribution in [0.3, 0.4) is 0 Å². The average Bonchev–Trinajstić information content (AvgIpc) is 3.62. The standard InChI is InChI=1S/C25H26F2N6O2/c1-35-21-9-14(11-28-24(21)27)13-2-6-17(20(34)8-13)25-29-12-22(31-32-25)33(16-4-5-16)19-10-15-3-7-18(30-15)23(19)26/h2,6,8-9,11-12,15-16,18-19,23,30,34H,3-5,7,10H2,1H3/t15-,18+,19-,23+/m0/s1. The van der Waals surface area contributed by atoms with Crippen LogP contribution in [0.1, 0.15) is 32.1 Å². The molecule has 3 fully saturated rings. The van der Waals surface area contributed by atoms with Crippen molar-refractivity contribution in [3.05, 3.63) is 42.6 Å². The van der Waals surface area contributed by atoms with Crippen molar-refractivity contribution in [2.45, 2.75) is 62.4 Å². The van der Waals surface area contributed by atoms with Gasteiger partial charge in [0.25, 0.3) is 5.95 Å². The van der Waals surface area contributed by atoms with Crippen molar-refractivity contribution in [1.29, 1.82) is 0 Å². The molecule has 2 bridgehead atoms. The minimum atomic E-state index is -0.952. The Kier molecular flexibility index (Phi) is 5.47. The van der Waals surface area contributed by atoms with Gasteiger partial charge >= 0.3 is 0 Å². The van der Waals surface area contributed by atoms with Gasteiger partial charge in [0.2, 0.25) is 0 Å². The zero-order valence-corrected chi connectivity index (χ0v) is 19.2. The lowest BCUT2D eigenvalue weighted by atomic mass is 9.96. The number of rotatable bonds is 6. The van der Waals surface area contributed by atoms with Gasteiger partial charge in [0.1, 0.15) is 11.9 Å². The number of phenolic OH excluding ortho intramolecular Hbond substituents is 1. The summed E-state index contributed by atoms with van der Waals surface area (Å²) < 4.78 is 33.9. The molecular formula is C25H26F2N6O2. The van der Waals surface area contributed by atoms with Crippen LogP contribution >= 0.6 is 0 Å². The van der Waals surface area contributed by atoms with Crippen LogP contribution in [0, 0.1) is 5.95 Å². The molecule has 4 atom stereocenters. The minimum absolute atomic E-state index is 0.0201. The third kappa shape index (κ3) is 4.05. The molecule has 1 aromatic carbocycles. The van der Waals surface area contributed by atoms with Crippen molar-refractivity contribution in [3.63, 3.8) is 0 Å². The molecule has 2 saturated heterocycles. The van der Waals surface area contributed by atoms with Crippen LogP contribution < -0.4 is 15.0 Å². The maximum atomic E-state index is 15.3. The summed E-state index contributed by atoms with van der Waals surface area (Å²) in [4.78, 5) is 10.2. The van der Waals surface area contributed by atoms with Gasteiger partial charge in [-0.25, -0.2) is 14.4 Å². The summed E-state index contributed by atoms with van der Waals surface area (Å²) in [6.45, 7) is 0. The van der Waals surface area contributed by atoms with E-state index >= 15 is 4.39 Å². The number of hydrogen-bond acceptors (Lipinski definition) is 8. The van der Waals surface area contributed by atoms with Gasteiger partial charge in [0, 0.05) is 29.9 Å². The van der Waals surface area contributed by atoms with Gasteiger partial charge in [-0.3, -0.25) is 0 Å². The average molecular weight is 481 g/mol. The molecule has 2 aromatic heterocycles.